The summed E-state index contributed by atoms with van der Waals surface area (Å²) < 4.78 is 0. The number of aldehydes is 1. The van der Waals surface area contributed by atoms with Crippen LogP contribution in [-0.2, 0) is 4.79 Å². The van der Waals surface area contributed by atoms with E-state index in [1.807, 2.05) is 0 Å². The van der Waals surface area contributed by atoms with Crippen LogP contribution in [0.15, 0.2) is 17.0 Å². The fraction of sp³-hybridized carbons (Fsp3) is 0. The molecule has 0 aromatic carbocycles. The molecular formula is C6H6N2OS. The lowest BCUT2D eigenvalue weighted by Crippen LogP contribution is -1.95. The fourth-order valence-electron chi connectivity index (χ4n) is 0.514. The van der Waals surface area contributed by atoms with E-state index < -0.39 is 0 Å². The Morgan fingerprint density at radius 3 is 3.10 bits per heavy atom. The average Bonchev–Trinajstić information content (AvgIpc) is 2.38. The zero-order valence-electron chi connectivity index (χ0n) is 5.15. The second-order valence-electron chi connectivity index (χ2n) is 1.63. The highest BCUT2D eigenvalue weighted by Gasteiger charge is 1.95. The van der Waals surface area contributed by atoms with Gasteiger partial charge in [-0.25, -0.2) is 4.98 Å². The zero-order chi connectivity index (χ0) is 7.40. The molecule has 3 nitrogen and oxygen atoms in total. The van der Waals surface area contributed by atoms with Crippen LogP contribution in [0.1, 0.15) is 5.69 Å². The van der Waals surface area contributed by atoms with Crippen LogP contribution in [-0.4, -0.2) is 11.3 Å². The zero-order valence-corrected chi connectivity index (χ0v) is 5.97. The SMILES string of the molecule is N/C(=C/C=O)c1cscn1. The Labute approximate surface area is 62.2 Å². The Morgan fingerprint density at radius 2 is 2.60 bits per heavy atom. The lowest BCUT2D eigenvalue weighted by molar-refractivity contribution is -0.104. The summed E-state index contributed by atoms with van der Waals surface area (Å²) in [7, 11) is 0. The summed E-state index contributed by atoms with van der Waals surface area (Å²) in [4.78, 5) is 13.8. The van der Waals surface area contributed by atoms with Gasteiger partial charge in [0.1, 0.15) is 6.29 Å². The van der Waals surface area contributed by atoms with E-state index in [2.05, 4.69) is 4.98 Å². The number of nitrogens with zero attached hydrogens (tertiary/aromatic N) is 1. The van der Waals surface area contributed by atoms with E-state index in [1.165, 1.54) is 17.4 Å². The van der Waals surface area contributed by atoms with Crippen molar-refractivity contribution in [3.05, 3.63) is 22.7 Å². The summed E-state index contributed by atoms with van der Waals surface area (Å²) in [5.74, 6) is 0. The van der Waals surface area contributed by atoms with Gasteiger partial charge in [-0.15, -0.1) is 11.3 Å². The lowest BCUT2D eigenvalue weighted by atomic mass is 10.3. The first-order valence-corrected chi connectivity index (χ1v) is 3.58. The molecule has 2 N–H and O–H groups in total. The number of allylic oxidation sites excluding steroid dienone is 1. The molecule has 0 spiro atoms. The minimum absolute atomic E-state index is 0.413. The molecule has 1 aromatic rings. The summed E-state index contributed by atoms with van der Waals surface area (Å²) in [6.07, 6.45) is 1.93. The van der Waals surface area contributed by atoms with E-state index in [-0.39, 0.29) is 0 Å². The van der Waals surface area contributed by atoms with Gasteiger partial charge in [0.25, 0.3) is 0 Å². The van der Waals surface area contributed by atoms with Gasteiger partial charge in [0.05, 0.1) is 16.9 Å². The molecule has 0 aliphatic heterocycles. The van der Waals surface area contributed by atoms with E-state index in [4.69, 9.17) is 5.73 Å². The van der Waals surface area contributed by atoms with Crippen LogP contribution in [0.4, 0.5) is 0 Å². The van der Waals surface area contributed by atoms with E-state index in [9.17, 15) is 4.79 Å². The summed E-state index contributed by atoms with van der Waals surface area (Å²) in [5, 5.41) is 1.79. The van der Waals surface area contributed by atoms with Crippen molar-refractivity contribution in [1.29, 1.82) is 0 Å². The monoisotopic (exact) mass is 154 g/mol. The molecule has 0 fully saturated rings. The Kier molecular flexibility index (Phi) is 2.17. The van der Waals surface area contributed by atoms with Crippen molar-refractivity contribution in [3.8, 4) is 0 Å². The smallest absolute Gasteiger partial charge is 0.144 e. The highest BCUT2D eigenvalue weighted by Crippen LogP contribution is 2.07. The van der Waals surface area contributed by atoms with Gasteiger partial charge in [0, 0.05) is 11.5 Å². The predicted molar refractivity (Wildman–Crippen MR) is 40.3 cm³/mol. The molecule has 0 amide bonds. The number of aromatic nitrogens is 1. The third-order valence-corrected chi connectivity index (χ3v) is 1.56. The molecule has 0 unspecified atom stereocenters. The van der Waals surface area contributed by atoms with Gasteiger partial charge in [-0.2, -0.15) is 0 Å². The maximum Gasteiger partial charge on any atom is 0.144 e. The van der Waals surface area contributed by atoms with Gasteiger partial charge in [-0.05, 0) is 0 Å². The first kappa shape index (κ1) is 6.95. The minimum Gasteiger partial charge on any atom is -0.397 e. The van der Waals surface area contributed by atoms with E-state index >= 15 is 0 Å². The van der Waals surface area contributed by atoms with Crippen LogP contribution < -0.4 is 5.73 Å². The predicted octanol–water partition coefficient (Wildman–Crippen LogP) is 0.642. The topological polar surface area (TPSA) is 56.0 Å². The maximum atomic E-state index is 9.93. The van der Waals surface area contributed by atoms with Gasteiger partial charge in [-0.1, -0.05) is 0 Å². The number of hydrogen-bond donors (Lipinski definition) is 1. The summed E-state index contributed by atoms with van der Waals surface area (Å²) in [6, 6.07) is 0. The number of carbonyl (C=O) groups is 1. The van der Waals surface area contributed by atoms with Crippen LogP contribution in [0.25, 0.3) is 5.70 Å². The quantitative estimate of drug-likeness (QED) is 0.502. The first-order valence-electron chi connectivity index (χ1n) is 2.64. The lowest BCUT2D eigenvalue weighted by Gasteiger charge is -1.89. The molecule has 0 atom stereocenters. The van der Waals surface area contributed by atoms with Crippen molar-refractivity contribution in [2.24, 2.45) is 5.73 Å². The Bertz CT molecular complexity index is 240. The molecule has 1 aromatic heterocycles. The van der Waals surface area contributed by atoms with Gasteiger partial charge in [0.15, 0.2) is 0 Å². The van der Waals surface area contributed by atoms with Crippen molar-refractivity contribution in [3.63, 3.8) is 0 Å². The second kappa shape index (κ2) is 3.12. The van der Waals surface area contributed by atoms with Gasteiger partial charge < -0.3 is 5.73 Å². The Balaban J connectivity index is 2.86. The van der Waals surface area contributed by atoms with Crippen LogP contribution in [0.2, 0.25) is 0 Å². The third kappa shape index (κ3) is 1.41. The van der Waals surface area contributed by atoms with E-state index in [0.717, 1.165) is 0 Å². The number of nitrogens with two attached hydrogens (primary N) is 1. The molecule has 0 saturated carbocycles. The minimum atomic E-state index is 0.413. The molecule has 0 radical (unpaired) electrons. The fourth-order valence-corrected chi connectivity index (χ4v) is 1.07. The molecule has 0 aliphatic carbocycles. The van der Waals surface area contributed by atoms with Crippen molar-refractivity contribution < 1.29 is 4.79 Å². The highest BCUT2D eigenvalue weighted by molar-refractivity contribution is 7.07. The van der Waals surface area contributed by atoms with E-state index in [0.29, 0.717) is 17.7 Å². The average molecular weight is 154 g/mol. The second-order valence-corrected chi connectivity index (χ2v) is 2.35. The largest absolute Gasteiger partial charge is 0.397 e. The number of carbonyl (C=O) groups excluding carboxylic acids is 1. The molecule has 0 aliphatic rings. The van der Waals surface area contributed by atoms with Crippen molar-refractivity contribution >= 4 is 23.3 Å². The van der Waals surface area contributed by atoms with Crippen molar-refractivity contribution in [2.45, 2.75) is 0 Å². The maximum absolute atomic E-state index is 9.93. The van der Waals surface area contributed by atoms with Gasteiger partial charge in [-0.3, -0.25) is 4.79 Å². The molecule has 0 saturated heterocycles. The summed E-state index contributed by atoms with van der Waals surface area (Å²) in [6.45, 7) is 0. The normalized spacial score (nSPS) is 11.4. The number of hydrogen-bond acceptors (Lipinski definition) is 4. The Morgan fingerprint density at radius 1 is 1.80 bits per heavy atom. The Hall–Kier alpha value is -1.16. The number of thiazole rings is 1. The molecule has 1 heterocycles. The highest BCUT2D eigenvalue weighted by atomic mass is 32.1. The van der Waals surface area contributed by atoms with Crippen LogP contribution in [0.3, 0.4) is 0 Å². The molecule has 10 heavy (non-hydrogen) atoms. The van der Waals surface area contributed by atoms with Crippen molar-refractivity contribution in [1.82, 2.24) is 4.98 Å². The summed E-state index contributed by atoms with van der Waals surface area (Å²) >= 11 is 1.45. The van der Waals surface area contributed by atoms with Crippen LogP contribution in [0.5, 0.6) is 0 Å². The van der Waals surface area contributed by atoms with Crippen LogP contribution in [0, 0.1) is 0 Å². The van der Waals surface area contributed by atoms with Crippen molar-refractivity contribution in [2.75, 3.05) is 0 Å². The molecular weight excluding hydrogens is 148 g/mol. The standard InChI is InChI=1S/C6H6N2OS/c7-5(1-2-9)6-3-10-4-8-6/h1-4H,7H2/b5-1+. The first-order chi connectivity index (χ1) is 4.84. The van der Waals surface area contributed by atoms with Gasteiger partial charge in [0.2, 0.25) is 0 Å². The molecule has 52 valence electrons. The molecule has 1 rings (SSSR count). The molecule has 4 heteroatoms. The van der Waals surface area contributed by atoms with E-state index in [1.54, 1.807) is 10.9 Å². The van der Waals surface area contributed by atoms with Gasteiger partial charge >= 0.3 is 0 Å². The van der Waals surface area contributed by atoms with Crippen LogP contribution >= 0.6 is 11.3 Å². The third-order valence-electron chi connectivity index (χ3n) is 0.976. The molecule has 0 bridgehead atoms. The summed E-state index contributed by atoms with van der Waals surface area (Å²) in [5.41, 5.74) is 8.17. The number of rotatable bonds is 2.